The lowest BCUT2D eigenvalue weighted by atomic mass is 10.6. The van der Waals surface area contributed by atoms with E-state index >= 15 is 0 Å². The zero-order valence-electron chi connectivity index (χ0n) is 7.64. The van der Waals surface area contributed by atoms with Gasteiger partial charge in [0.05, 0.1) is 6.61 Å². The van der Waals surface area contributed by atoms with Crippen LogP contribution in [0.25, 0.3) is 0 Å². The number of carbonyl (C=O) groups is 1. The van der Waals surface area contributed by atoms with Crippen molar-refractivity contribution in [1.82, 2.24) is 14.5 Å². The predicted molar refractivity (Wildman–Crippen MR) is 47.3 cm³/mol. The minimum atomic E-state index is -0.620. The molecule has 0 saturated heterocycles. The first kappa shape index (κ1) is 10.2. The number of ether oxygens (including phenoxy) is 1. The molecule has 0 atom stereocenters. The van der Waals surface area contributed by atoms with Crippen LogP contribution < -0.4 is 11.4 Å². The molecule has 1 aromatic heterocycles. The number of esters is 1. The zero-order chi connectivity index (χ0) is 10.6. The van der Waals surface area contributed by atoms with Crippen LogP contribution in [-0.2, 0) is 16.1 Å². The summed E-state index contributed by atoms with van der Waals surface area (Å²) in [4.78, 5) is 29.0. The molecule has 0 aliphatic carbocycles. The molecule has 76 valence electrons. The van der Waals surface area contributed by atoms with E-state index in [1.54, 1.807) is 6.92 Å². The molecule has 0 fully saturated rings. The molecule has 2 N–H and O–H groups in total. The maximum absolute atomic E-state index is 11.1. The highest BCUT2D eigenvalue weighted by molar-refractivity contribution is 5.69. The summed E-state index contributed by atoms with van der Waals surface area (Å²) < 4.78 is 5.67. The van der Waals surface area contributed by atoms with Gasteiger partial charge in [-0.15, -0.1) is 0 Å². The van der Waals surface area contributed by atoms with E-state index in [-0.39, 0.29) is 19.1 Å². The van der Waals surface area contributed by atoms with Gasteiger partial charge in [-0.1, -0.05) is 0 Å². The molecule has 0 aliphatic heterocycles. The molecule has 0 spiro atoms. The van der Waals surface area contributed by atoms with Gasteiger partial charge < -0.3 is 10.5 Å². The Balaban J connectivity index is 2.77. The molecule has 1 heterocycles. The van der Waals surface area contributed by atoms with Crippen LogP contribution in [0.15, 0.2) is 11.1 Å². The number of hydrogen-bond acceptors (Lipinski definition) is 6. The lowest BCUT2D eigenvalue weighted by Gasteiger charge is -2.03. The topological polar surface area (TPSA) is 100 Å². The summed E-state index contributed by atoms with van der Waals surface area (Å²) >= 11 is 0. The highest BCUT2D eigenvalue weighted by Crippen LogP contribution is 1.85. The van der Waals surface area contributed by atoms with Gasteiger partial charge in [0.1, 0.15) is 12.9 Å². The third kappa shape index (κ3) is 2.54. The van der Waals surface area contributed by atoms with E-state index in [1.165, 1.54) is 0 Å². The Labute approximate surface area is 79.5 Å². The number of nitrogens with two attached hydrogens (primary N) is 1. The Morgan fingerprint density at radius 2 is 2.43 bits per heavy atom. The van der Waals surface area contributed by atoms with Crippen molar-refractivity contribution in [2.24, 2.45) is 0 Å². The quantitative estimate of drug-likeness (QED) is 0.611. The Bertz CT molecular complexity index is 387. The SMILES string of the molecule is CCOC(=O)Cn1cnc(N)nc1=O. The van der Waals surface area contributed by atoms with E-state index in [0.29, 0.717) is 0 Å². The molecule has 7 nitrogen and oxygen atoms in total. The zero-order valence-corrected chi connectivity index (χ0v) is 7.64. The fraction of sp³-hybridized carbons (Fsp3) is 0.429. The van der Waals surface area contributed by atoms with Crippen LogP contribution in [-0.4, -0.2) is 27.1 Å². The Kier molecular flexibility index (Phi) is 3.16. The Hall–Kier alpha value is -1.92. The smallest absolute Gasteiger partial charge is 0.352 e. The van der Waals surface area contributed by atoms with Crippen LogP contribution in [0, 0.1) is 0 Å². The number of aromatic nitrogens is 3. The molecule has 0 aliphatic rings. The minimum absolute atomic E-state index is 0.116. The number of anilines is 1. The molecule has 1 aromatic rings. The molecule has 0 radical (unpaired) electrons. The van der Waals surface area contributed by atoms with Crippen LogP contribution >= 0.6 is 0 Å². The van der Waals surface area contributed by atoms with Gasteiger partial charge in [0.2, 0.25) is 5.95 Å². The first-order valence-corrected chi connectivity index (χ1v) is 3.98. The average molecular weight is 198 g/mol. The van der Waals surface area contributed by atoms with Gasteiger partial charge in [0.15, 0.2) is 0 Å². The van der Waals surface area contributed by atoms with Crippen LogP contribution in [0.4, 0.5) is 5.95 Å². The monoisotopic (exact) mass is 198 g/mol. The molecule has 7 heteroatoms. The van der Waals surface area contributed by atoms with Crippen molar-refractivity contribution in [2.45, 2.75) is 13.5 Å². The second-order valence-corrected chi connectivity index (χ2v) is 2.43. The molecular weight excluding hydrogens is 188 g/mol. The van der Waals surface area contributed by atoms with Gasteiger partial charge in [0.25, 0.3) is 0 Å². The molecule has 0 aromatic carbocycles. The molecule has 0 amide bonds. The number of hydrogen-bond donors (Lipinski definition) is 1. The van der Waals surface area contributed by atoms with E-state index in [2.05, 4.69) is 14.7 Å². The lowest BCUT2D eigenvalue weighted by molar-refractivity contribution is -0.143. The predicted octanol–water partition coefficient (Wildman–Crippen LogP) is -1.22. The second kappa shape index (κ2) is 4.35. The van der Waals surface area contributed by atoms with Gasteiger partial charge in [-0.2, -0.15) is 4.98 Å². The summed E-state index contributed by atoms with van der Waals surface area (Å²) in [7, 11) is 0. The van der Waals surface area contributed by atoms with Gasteiger partial charge in [-0.05, 0) is 6.92 Å². The standard InChI is InChI=1S/C7H10N4O3/c1-2-14-5(12)3-11-4-9-6(8)10-7(11)13/h4H,2-3H2,1H3,(H2,8,10,13). The maximum Gasteiger partial charge on any atom is 0.352 e. The Morgan fingerprint density at radius 3 is 3.00 bits per heavy atom. The molecular formula is C7H10N4O3. The van der Waals surface area contributed by atoms with E-state index in [1.807, 2.05) is 0 Å². The van der Waals surface area contributed by atoms with Crippen molar-refractivity contribution in [1.29, 1.82) is 0 Å². The van der Waals surface area contributed by atoms with E-state index in [9.17, 15) is 9.59 Å². The van der Waals surface area contributed by atoms with E-state index in [0.717, 1.165) is 10.9 Å². The number of nitrogen functional groups attached to an aromatic ring is 1. The average Bonchev–Trinajstić information content (AvgIpc) is 2.10. The highest BCUT2D eigenvalue weighted by Gasteiger charge is 2.05. The molecule has 0 saturated carbocycles. The van der Waals surface area contributed by atoms with Gasteiger partial charge >= 0.3 is 11.7 Å². The van der Waals surface area contributed by atoms with Crippen LogP contribution in [0.1, 0.15) is 6.92 Å². The van der Waals surface area contributed by atoms with Crippen molar-refractivity contribution in [3.63, 3.8) is 0 Å². The molecule has 0 unspecified atom stereocenters. The van der Waals surface area contributed by atoms with E-state index < -0.39 is 11.7 Å². The van der Waals surface area contributed by atoms with Crippen LogP contribution in [0.3, 0.4) is 0 Å². The van der Waals surface area contributed by atoms with Crippen molar-refractivity contribution >= 4 is 11.9 Å². The number of rotatable bonds is 3. The number of nitrogens with zero attached hydrogens (tertiary/aromatic N) is 3. The summed E-state index contributed by atoms with van der Waals surface area (Å²) in [6.45, 7) is 1.75. The summed E-state index contributed by atoms with van der Waals surface area (Å²) in [6.07, 6.45) is 1.15. The summed E-state index contributed by atoms with van der Waals surface area (Å²) in [5.41, 5.74) is 4.55. The molecule has 1 rings (SSSR count). The summed E-state index contributed by atoms with van der Waals surface area (Å²) in [5, 5.41) is 0. The molecule has 14 heavy (non-hydrogen) atoms. The first-order valence-electron chi connectivity index (χ1n) is 3.98. The Morgan fingerprint density at radius 1 is 1.71 bits per heavy atom. The summed E-state index contributed by atoms with van der Waals surface area (Å²) in [6, 6.07) is 0. The summed E-state index contributed by atoms with van der Waals surface area (Å²) in [5.74, 6) is -0.627. The van der Waals surface area contributed by atoms with Crippen LogP contribution in [0.5, 0.6) is 0 Å². The maximum atomic E-state index is 11.1. The minimum Gasteiger partial charge on any atom is -0.465 e. The number of carbonyl (C=O) groups excluding carboxylic acids is 1. The first-order chi connectivity index (χ1) is 6.63. The third-order valence-corrected chi connectivity index (χ3v) is 1.39. The second-order valence-electron chi connectivity index (χ2n) is 2.43. The molecule has 0 bridgehead atoms. The normalized spacial score (nSPS) is 9.79. The van der Waals surface area contributed by atoms with Crippen LogP contribution in [0.2, 0.25) is 0 Å². The fourth-order valence-corrected chi connectivity index (χ4v) is 0.823. The largest absolute Gasteiger partial charge is 0.465 e. The van der Waals surface area contributed by atoms with Crippen molar-refractivity contribution in [2.75, 3.05) is 12.3 Å². The van der Waals surface area contributed by atoms with Crippen molar-refractivity contribution in [3.8, 4) is 0 Å². The van der Waals surface area contributed by atoms with Gasteiger partial charge in [-0.25, -0.2) is 9.78 Å². The van der Waals surface area contributed by atoms with E-state index in [4.69, 9.17) is 5.73 Å². The van der Waals surface area contributed by atoms with Crippen molar-refractivity contribution < 1.29 is 9.53 Å². The fourth-order valence-electron chi connectivity index (χ4n) is 0.823. The highest BCUT2D eigenvalue weighted by atomic mass is 16.5. The lowest BCUT2D eigenvalue weighted by Crippen LogP contribution is -2.28. The van der Waals surface area contributed by atoms with Gasteiger partial charge in [0, 0.05) is 0 Å². The third-order valence-electron chi connectivity index (χ3n) is 1.39. The van der Waals surface area contributed by atoms with Gasteiger partial charge in [-0.3, -0.25) is 9.36 Å². The van der Waals surface area contributed by atoms with Crippen molar-refractivity contribution in [3.05, 3.63) is 16.8 Å².